The average Bonchev–Trinajstić information content (AvgIpc) is 3.24. The molecule has 0 atom stereocenters. The molecule has 7 nitrogen and oxygen atoms in total. The van der Waals surface area contributed by atoms with E-state index in [1.54, 1.807) is 41.2 Å². The summed E-state index contributed by atoms with van der Waals surface area (Å²) in [6.07, 6.45) is 3.11. The van der Waals surface area contributed by atoms with Gasteiger partial charge in [-0.2, -0.15) is 10.2 Å². The van der Waals surface area contributed by atoms with Crippen LogP contribution in [0.3, 0.4) is 0 Å². The number of nitrogens with zero attached hydrogens (tertiary/aromatic N) is 4. The first-order valence-corrected chi connectivity index (χ1v) is 8.56. The second-order valence-corrected chi connectivity index (χ2v) is 5.99. The molecule has 0 saturated heterocycles. The molecule has 0 saturated carbocycles. The molecule has 0 spiro atoms. The molecule has 2 aromatic heterocycles. The Balaban J connectivity index is 1.69. The quantitative estimate of drug-likeness (QED) is 0.550. The highest BCUT2D eigenvalue weighted by Crippen LogP contribution is 2.16. The first-order valence-electron chi connectivity index (χ1n) is 8.56. The molecule has 0 bridgehead atoms. The molecule has 0 aliphatic heterocycles. The third-order valence-corrected chi connectivity index (χ3v) is 4.19. The van der Waals surface area contributed by atoms with Gasteiger partial charge in [0.1, 0.15) is 11.4 Å². The van der Waals surface area contributed by atoms with Gasteiger partial charge in [0.15, 0.2) is 5.69 Å². The van der Waals surface area contributed by atoms with Gasteiger partial charge in [-0.3, -0.25) is 9.59 Å². The molecular weight excluding hydrogens is 356 g/mol. The lowest BCUT2D eigenvalue weighted by Gasteiger charge is -2.06. The summed E-state index contributed by atoms with van der Waals surface area (Å²) in [7, 11) is 1.54. The predicted octanol–water partition coefficient (Wildman–Crippen LogP) is 2.79. The molecule has 0 fully saturated rings. The van der Waals surface area contributed by atoms with Gasteiger partial charge in [0.25, 0.3) is 5.91 Å². The Labute approximate surface area is 160 Å². The number of rotatable bonds is 4. The molecule has 28 heavy (non-hydrogen) atoms. The number of aromatic nitrogens is 4. The number of hydrogen-bond acceptors (Lipinski definition) is 5. The first-order chi connectivity index (χ1) is 13.7. The van der Waals surface area contributed by atoms with Gasteiger partial charge >= 0.3 is 0 Å². The molecule has 0 aliphatic carbocycles. The van der Waals surface area contributed by atoms with Gasteiger partial charge in [-0.15, -0.1) is 0 Å². The maximum Gasteiger partial charge on any atom is 0.278 e. The zero-order chi connectivity index (χ0) is 19.5. The lowest BCUT2D eigenvalue weighted by Crippen LogP contribution is -2.15. The fourth-order valence-electron chi connectivity index (χ4n) is 2.76. The second kappa shape index (κ2) is 7.32. The van der Waals surface area contributed by atoms with Gasteiger partial charge in [0.2, 0.25) is 5.43 Å². The highest BCUT2D eigenvalue weighted by molar-refractivity contribution is 5.95. The highest BCUT2D eigenvalue weighted by Gasteiger charge is 2.15. The van der Waals surface area contributed by atoms with Crippen LogP contribution >= 0.6 is 0 Å². The molecule has 4 aromatic rings. The Bertz CT molecular complexity index is 1200. The first kappa shape index (κ1) is 17.4. The smallest absolute Gasteiger partial charge is 0.278 e. The van der Waals surface area contributed by atoms with Gasteiger partial charge in [-0.25, -0.2) is 9.36 Å². The fraction of sp³-hybridized carbons (Fsp3) is 0.0476. The van der Waals surface area contributed by atoms with Gasteiger partial charge < -0.3 is 4.74 Å². The molecule has 7 heteroatoms. The summed E-state index contributed by atoms with van der Waals surface area (Å²) in [6.45, 7) is 0. The lowest BCUT2D eigenvalue weighted by atomic mass is 10.2. The van der Waals surface area contributed by atoms with Crippen molar-refractivity contribution in [1.29, 1.82) is 0 Å². The van der Waals surface area contributed by atoms with Crippen LogP contribution in [0.4, 0.5) is 0 Å². The Kier molecular flexibility index (Phi) is 4.55. The lowest BCUT2D eigenvalue weighted by molar-refractivity contribution is 0.0945. The number of methoxy groups -OCH3 is 1. The summed E-state index contributed by atoms with van der Waals surface area (Å²) in [6, 6.07) is 19.3. The van der Waals surface area contributed by atoms with Crippen LogP contribution in [0.25, 0.3) is 17.1 Å². The fourth-order valence-corrected chi connectivity index (χ4v) is 2.76. The summed E-state index contributed by atoms with van der Waals surface area (Å²) >= 11 is 0. The largest absolute Gasteiger partial charge is 0.497 e. The monoisotopic (exact) mass is 372 g/mol. The van der Waals surface area contributed by atoms with Crippen LogP contribution < -0.4 is 10.2 Å². The molecule has 0 radical (unpaired) electrons. The van der Waals surface area contributed by atoms with Crippen molar-refractivity contribution >= 4 is 5.91 Å². The van der Waals surface area contributed by atoms with E-state index in [1.165, 1.54) is 24.1 Å². The topological polar surface area (TPSA) is 79.0 Å². The van der Waals surface area contributed by atoms with Crippen molar-refractivity contribution in [2.75, 3.05) is 7.11 Å². The molecule has 0 N–H and O–H groups in total. The molecule has 2 heterocycles. The normalized spacial score (nSPS) is 10.6. The van der Waals surface area contributed by atoms with Crippen LogP contribution in [0.2, 0.25) is 0 Å². The third kappa shape index (κ3) is 3.33. The van der Waals surface area contributed by atoms with Crippen molar-refractivity contribution in [3.05, 3.63) is 94.9 Å². The van der Waals surface area contributed by atoms with Crippen molar-refractivity contribution in [2.45, 2.75) is 0 Å². The maximum atomic E-state index is 12.7. The molecule has 4 rings (SSSR count). The van der Waals surface area contributed by atoms with E-state index in [1.807, 2.05) is 30.3 Å². The Hall–Kier alpha value is -4.00. The van der Waals surface area contributed by atoms with Crippen LogP contribution in [0.15, 0.2) is 83.9 Å². The second-order valence-electron chi connectivity index (χ2n) is 5.99. The zero-order valence-corrected chi connectivity index (χ0v) is 15.0. The zero-order valence-electron chi connectivity index (χ0n) is 15.0. The van der Waals surface area contributed by atoms with Crippen LogP contribution in [0.1, 0.15) is 10.4 Å². The van der Waals surface area contributed by atoms with E-state index < -0.39 is 0 Å². The minimum Gasteiger partial charge on any atom is -0.497 e. The van der Waals surface area contributed by atoms with Gasteiger partial charge in [0.05, 0.1) is 12.8 Å². The van der Waals surface area contributed by atoms with E-state index in [0.717, 1.165) is 5.69 Å². The van der Waals surface area contributed by atoms with Crippen molar-refractivity contribution in [1.82, 2.24) is 19.6 Å². The summed E-state index contributed by atoms with van der Waals surface area (Å²) in [4.78, 5) is 25.0. The number of para-hydroxylation sites is 1. The average molecular weight is 372 g/mol. The summed E-state index contributed by atoms with van der Waals surface area (Å²) in [5.74, 6) is 0.248. The number of hydrogen-bond donors (Lipinski definition) is 0. The molecule has 138 valence electrons. The number of carbonyl (C=O) groups excluding carboxylic acids is 1. The maximum absolute atomic E-state index is 12.7. The van der Waals surface area contributed by atoms with E-state index in [4.69, 9.17) is 4.74 Å². The minimum absolute atomic E-state index is 0.170. The van der Waals surface area contributed by atoms with E-state index in [2.05, 4.69) is 10.2 Å². The van der Waals surface area contributed by atoms with Crippen LogP contribution in [0.5, 0.6) is 5.75 Å². The van der Waals surface area contributed by atoms with Crippen LogP contribution in [-0.4, -0.2) is 32.6 Å². The van der Waals surface area contributed by atoms with Crippen molar-refractivity contribution in [3.8, 4) is 22.8 Å². The molecule has 0 aliphatic rings. The number of ether oxygens (including phenoxy) is 1. The highest BCUT2D eigenvalue weighted by atomic mass is 16.5. The predicted molar refractivity (Wildman–Crippen MR) is 104 cm³/mol. The van der Waals surface area contributed by atoms with Gasteiger partial charge in [-0.1, -0.05) is 24.3 Å². The third-order valence-electron chi connectivity index (χ3n) is 4.19. The molecule has 0 amide bonds. The van der Waals surface area contributed by atoms with Gasteiger partial charge in [-0.05, 0) is 36.4 Å². The van der Waals surface area contributed by atoms with Crippen molar-refractivity contribution in [2.24, 2.45) is 0 Å². The summed E-state index contributed by atoms with van der Waals surface area (Å²) in [5, 5.41) is 8.64. The molecule has 0 unspecified atom stereocenters. The molecule has 2 aromatic carbocycles. The number of benzene rings is 2. The van der Waals surface area contributed by atoms with E-state index >= 15 is 0 Å². The minimum atomic E-state index is -0.329. The van der Waals surface area contributed by atoms with Crippen molar-refractivity contribution in [3.63, 3.8) is 0 Å². The van der Waals surface area contributed by atoms with E-state index in [-0.39, 0.29) is 17.0 Å². The van der Waals surface area contributed by atoms with Crippen LogP contribution in [-0.2, 0) is 0 Å². The van der Waals surface area contributed by atoms with Crippen LogP contribution in [0, 0.1) is 0 Å². The van der Waals surface area contributed by atoms with Crippen molar-refractivity contribution < 1.29 is 9.53 Å². The summed E-state index contributed by atoms with van der Waals surface area (Å²) in [5.41, 5.74) is 1.47. The molecular formula is C21H16N4O3. The SMILES string of the molecule is COc1cccc(C(=O)n2ccc(-c3nn(-c4ccccc4)ccc3=O)n2)c1. The summed E-state index contributed by atoms with van der Waals surface area (Å²) < 4.78 is 7.93. The van der Waals surface area contributed by atoms with Gasteiger partial charge in [0, 0.05) is 24.0 Å². The standard InChI is InChI=1S/C21H16N4O3/c1-28-17-9-5-6-15(14-17)21(27)25-12-10-18(22-25)20-19(26)11-13-24(23-20)16-7-3-2-4-8-16/h2-14H,1H3. The van der Waals surface area contributed by atoms with E-state index in [0.29, 0.717) is 17.0 Å². The number of carbonyl (C=O) groups is 1. The Morgan fingerprint density at radius 3 is 2.54 bits per heavy atom. The van der Waals surface area contributed by atoms with E-state index in [9.17, 15) is 9.59 Å². The Morgan fingerprint density at radius 2 is 1.75 bits per heavy atom. The Morgan fingerprint density at radius 1 is 0.929 bits per heavy atom.